The van der Waals surface area contributed by atoms with Crippen molar-refractivity contribution in [1.29, 1.82) is 0 Å². The second-order valence-electron chi connectivity index (χ2n) is 4.40. The molecule has 0 saturated carbocycles. The first-order valence-electron chi connectivity index (χ1n) is 6.01. The predicted octanol–water partition coefficient (Wildman–Crippen LogP) is 1.52. The molecule has 1 aliphatic carbocycles. The summed E-state index contributed by atoms with van der Waals surface area (Å²) in [4.78, 5) is 7.89. The third kappa shape index (κ3) is 2.35. The molecule has 2 heterocycles. The molecular weight excluding hydrogens is 240 g/mol. The van der Waals surface area contributed by atoms with Crippen LogP contribution in [-0.2, 0) is 11.2 Å². The first kappa shape index (κ1) is 11.5. The summed E-state index contributed by atoms with van der Waals surface area (Å²) in [6.45, 7) is 0. The summed E-state index contributed by atoms with van der Waals surface area (Å²) in [6, 6.07) is 0. The number of nitrogens with zero attached hydrogens (tertiary/aromatic N) is 2. The standard InChI is InChI=1S/C14H14N4O/c15-13-10(8-17-14(16)18-13)7-11-6-5-9-3-1-2-4-12(9)19-11/h1-6,8,12H,7H2,(H4,15,16,17,18). The van der Waals surface area contributed by atoms with E-state index in [4.69, 9.17) is 16.2 Å². The van der Waals surface area contributed by atoms with Crippen molar-refractivity contribution in [2.45, 2.75) is 12.5 Å². The van der Waals surface area contributed by atoms with Gasteiger partial charge in [0.2, 0.25) is 5.95 Å². The number of ether oxygens (including phenoxy) is 1. The molecule has 0 fully saturated rings. The summed E-state index contributed by atoms with van der Waals surface area (Å²) in [5.74, 6) is 1.42. The van der Waals surface area contributed by atoms with Crippen molar-refractivity contribution >= 4 is 11.8 Å². The Morgan fingerprint density at radius 1 is 1.21 bits per heavy atom. The number of aromatic nitrogens is 2. The van der Waals surface area contributed by atoms with Gasteiger partial charge in [-0.25, -0.2) is 4.98 Å². The Kier molecular flexibility index (Phi) is 2.79. The maximum absolute atomic E-state index is 5.89. The minimum absolute atomic E-state index is 0.0130. The minimum atomic E-state index is -0.0130. The van der Waals surface area contributed by atoms with Crippen LogP contribution in [0.1, 0.15) is 5.56 Å². The number of allylic oxidation sites excluding steroid dienone is 5. The summed E-state index contributed by atoms with van der Waals surface area (Å²) in [5, 5.41) is 0. The molecule has 5 nitrogen and oxygen atoms in total. The molecule has 0 aromatic carbocycles. The minimum Gasteiger partial charge on any atom is -0.486 e. The van der Waals surface area contributed by atoms with E-state index in [0.29, 0.717) is 12.2 Å². The molecule has 5 heteroatoms. The highest BCUT2D eigenvalue weighted by Gasteiger charge is 2.18. The molecule has 0 spiro atoms. The molecule has 96 valence electrons. The Morgan fingerprint density at radius 2 is 2.11 bits per heavy atom. The van der Waals surface area contributed by atoms with Crippen LogP contribution in [0.2, 0.25) is 0 Å². The average Bonchev–Trinajstić information content (AvgIpc) is 2.42. The third-order valence-corrected chi connectivity index (χ3v) is 3.04. The second kappa shape index (κ2) is 4.61. The van der Waals surface area contributed by atoms with Crippen molar-refractivity contribution in [2.75, 3.05) is 11.5 Å². The summed E-state index contributed by atoms with van der Waals surface area (Å²) >= 11 is 0. The summed E-state index contributed by atoms with van der Waals surface area (Å²) in [7, 11) is 0. The molecule has 4 N–H and O–H groups in total. The maximum Gasteiger partial charge on any atom is 0.221 e. The number of nitrogen functional groups attached to an aromatic ring is 2. The molecule has 0 bridgehead atoms. The van der Waals surface area contributed by atoms with Gasteiger partial charge in [-0.2, -0.15) is 4.98 Å². The average molecular weight is 254 g/mol. The highest BCUT2D eigenvalue weighted by atomic mass is 16.5. The lowest BCUT2D eigenvalue weighted by Crippen LogP contribution is -2.17. The summed E-state index contributed by atoms with van der Waals surface area (Å²) in [6.07, 6.45) is 14.2. The van der Waals surface area contributed by atoms with E-state index in [-0.39, 0.29) is 12.1 Å². The van der Waals surface area contributed by atoms with Crippen LogP contribution in [0.3, 0.4) is 0 Å². The van der Waals surface area contributed by atoms with E-state index in [9.17, 15) is 0 Å². The van der Waals surface area contributed by atoms with Gasteiger partial charge in [-0.1, -0.05) is 24.3 Å². The molecule has 1 aliphatic heterocycles. The third-order valence-electron chi connectivity index (χ3n) is 3.04. The predicted molar refractivity (Wildman–Crippen MR) is 73.9 cm³/mol. The Bertz CT molecular complexity index is 628. The molecule has 1 atom stereocenters. The van der Waals surface area contributed by atoms with Gasteiger partial charge in [-0.05, 0) is 17.7 Å². The Labute approximate surface area is 111 Å². The molecule has 1 unspecified atom stereocenters. The van der Waals surface area contributed by atoms with Crippen LogP contribution in [-0.4, -0.2) is 16.1 Å². The van der Waals surface area contributed by atoms with Crippen LogP contribution in [0.25, 0.3) is 0 Å². The molecule has 0 radical (unpaired) electrons. The van der Waals surface area contributed by atoms with Gasteiger partial charge in [0.15, 0.2) is 0 Å². The van der Waals surface area contributed by atoms with Crippen LogP contribution in [0.5, 0.6) is 0 Å². The number of hydrogen-bond donors (Lipinski definition) is 2. The lowest BCUT2D eigenvalue weighted by molar-refractivity contribution is 0.174. The van der Waals surface area contributed by atoms with Crippen LogP contribution in [0.15, 0.2) is 54.0 Å². The molecule has 1 aromatic rings. The molecule has 0 amide bonds. The van der Waals surface area contributed by atoms with Gasteiger partial charge in [-0.3, -0.25) is 0 Å². The molecule has 2 aliphatic rings. The summed E-state index contributed by atoms with van der Waals surface area (Å²) < 4.78 is 5.89. The lowest BCUT2D eigenvalue weighted by Gasteiger charge is -2.24. The van der Waals surface area contributed by atoms with Crippen LogP contribution in [0.4, 0.5) is 11.8 Å². The fraction of sp³-hybridized carbons (Fsp3) is 0.143. The number of nitrogens with two attached hydrogens (primary N) is 2. The van der Waals surface area contributed by atoms with Crippen molar-refractivity contribution in [3.05, 3.63) is 59.5 Å². The van der Waals surface area contributed by atoms with Gasteiger partial charge in [0, 0.05) is 18.2 Å². The fourth-order valence-electron chi connectivity index (χ4n) is 2.05. The van der Waals surface area contributed by atoms with E-state index < -0.39 is 0 Å². The quantitative estimate of drug-likeness (QED) is 0.835. The Hall–Kier alpha value is -2.56. The molecule has 3 rings (SSSR count). The van der Waals surface area contributed by atoms with Crippen LogP contribution >= 0.6 is 0 Å². The van der Waals surface area contributed by atoms with Crippen molar-refractivity contribution in [1.82, 2.24) is 9.97 Å². The number of anilines is 2. The van der Waals surface area contributed by atoms with E-state index in [1.165, 1.54) is 0 Å². The van der Waals surface area contributed by atoms with Crippen LogP contribution in [0, 0.1) is 0 Å². The van der Waals surface area contributed by atoms with Gasteiger partial charge in [0.1, 0.15) is 17.7 Å². The van der Waals surface area contributed by atoms with Gasteiger partial charge in [0.05, 0.1) is 0 Å². The van der Waals surface area contributed by atoms with Crippen LogP contribution < -0.4 is 11.5 Å². The topological polar surface area (TPSA) is 87.0 Å². The lowest BCUT2D eigenvalue weighted by atomic mass is 10.0. The van der Waals surface area contributed by atoms with Gasteiger partial charge in [0.25, 0.3) is 0 Å². The zero-order valence-electron chi connectivity index (χ0n) is 10.3. The number of rotatable bonds is 2. The number of fused-ring (bicyclic) bond motifs is 1. The normalized spacial score (nSPS) is 20.3. The van der Waals surface area contributed by atoms with E-state index in [0.717, 1.165) is 16.9 Å². The highest BCUT2D eigenvalue weighted by molar-refractivity contribution is 5.45. The second-order valence-corrected chi connectivity index (χ2v) is 4.40. The molecular formula is C14H14N4O. The molecule has 1 aromatic heterocycles. The Morgan fingerprint density at radius 3 is 2.95 bits per heavy atom. The molecule has 19 heavy (non-hydrogen) atoms. The Balaban J connectivity index is 1.81. The van der Waals surface area contributed by atoms with E-state index in [1.807, 2.05) is 30.4 Å². The molecule has 0 saturated heterocycles. The smallest absolute Gasteiger partial charge is 0.221 e. The van der Waals surface area contributed by atoms with E-state index in [1.54, 1.807) is 6.20 Å². The highest BCUT2D eigenvalue weighted by Crippen LogP contribution is 2.25. The fourth-order valence-corrected chi connectivity index (χ4v) is 2.05. The van der Waals surface area contributed by atoms with Crippen molar-refractivity contribution in [3.63, 3.8) is 0 Å². The summed E-state index contributed by atoms with van der Waals surface area (Å²) in [5.41, 5.74) is 13.2. The van der Waals surface area contributed by atoms with Gasteiger partial charge >= 0.3 is 0 Å². The first-order valence-corrected chi connectivity index (χ1v) is 6.01. The first-order chi connectivity index (χ1) is 9.22. The zero-order valence-corrected chi connectivity index (χ0v) is 10.3. The van der Waals surface area contributed by atoms with E-state index in [2.05, 4.69) is 16.0 Å². The van der Waals surface area contributed by atoms with Gasteiger partial charge < -0.3 is 16.2 Å². The van der Waals surface area contributed by atoms with Crippen molar-refractivity contribution in [3.8, 4) is 0 Å². The zero-order chi connectivity index (χ0) is 13.2. The monoisotopic (exact) mass is 254 g/mol. The van der Waals surface area contributed by atoms with Crippen molar-refractivity contribution < 1.29 is 4.74 Å². The van der Waals surface area contributed by atoms with Crippen molar-refractivity contribution in [2.24, 2.45) is 0 Å². The van der Waals surface area contributed by atoms with E-state index >= 15 is 0 Å². The van der Waals surface area contributed by atoms with Gasteiger partial charge in [-0.15, -0.1) is 0 Å². The SMILES string of the molecule is Nc1ncc(CC2=CC=C3C=CC=CC3O2)c(N)n1. The largest absolute Gasteiger partial charge is 0.486 e. The number of hydrogen-bond acceptors (Lipinski definition) is 5. The maximum atomic E-state index is 5.89.